The molecule has 0 radical (unpaired) electrons. The summed E-state index contributed by atoms with van der Waals surface area (Å²) in [5.74, 6) is -0.0647. The quantitative estimate of drug-likeness (QED) is 0.792. The lowest BCUT2D eigenvalue weighted by atomic mass is 10.1. The van der Waals surface area contributed by atoms with E-state index in [9.17, 15) is 9.59 Å². The number of carbonyl (C=O) groups is 1. The van der Waals surface area contributed by atoms with Crippen LogP contribution in [-0.2, 0) is 29.0 Å². The van der Waals surface area contributed by atoms with Crippen molar-refractivity contribution in [3.63, 3.8) is 0 Å². The normalized spacial score (nSPS) is 16.1. The summed E-state index contributed by atoms with van der Waals surface area (Å²) in [6.07, 6.45) is 0.0380. The molecule has 0 aliphatic carbocycles. The molecule has 0 saturated carbocycles. The second kappa shape index (κ2) is 6.44. The van der Waals surface area contributed by atoms with Crippen LogP contribution in [0.4, 0.5) is 0 Å². The molecular weight excluding hydrogens is 274 g/mol. The number of aromatic nitrogens is 2. The Bertz CT molecular complexity index is 561. The summed E-state index contributed by atoms with van der Waals surface area (Å²) in [4.78, 5) is 26.1. The molecule has 21 heavy (non-hydrogen) atoms. The molecule has 2 rings (SSSR count). The molecule has 0 saturated heterocycles. The number of aliphatic hydroxyl groups is 1. The average Bonchev–Trinajstić information content (AvgIpc) is 2.74. The lowest BCUT2D eigenvalue weighted by Crippen LogP contribution is -2.43. The van der Waals surface area contributed by atoms with Gasteiger partial charge in [-0.15, -0.1) is 0 Å². The first-order valence-electron chi connectivity index (χ1n) is 7.29. The summed E-state index contributed by atoms with van der Waals surface area (Å²) in [5, 5.41) is 11.9. The fourth-order valence-corrected chi connectivity index (χ4v) is 2.65. The highest BCUT2D eigenvalue weighted by molar-refractivity contribution is 5.80. The van der Waals surface area contributed by atoms with Gasteiger partial charge in [-0.05, 0) is 27.2 Å². The van der Waals surface area contributed by atoms with Crippen LogP contribution in [-0.4, -0.2) is 51.1 Å². The van der Waals surface area contributed by atoms with E-state index < -0.39 is 6.10 Å². The van der Waals surface area contributed by atoms with Crippen molar-refractivity contribution < 1.29 is 14.6 Å². The molecule has 7 nitrogen and oxygen atoms in total. The van der Waals surface area contributed by atoms with Crippen LogP contribution in [0.1, 0.15) is 32.0 Å². The van der Waals surface area contributed by atoms with Crippen LogP contribution in [0.25, 0.3) is 0 Å². The van der Waals surface area contributed by atoms with Crippen LogP contribution in [0.3, 0.4) is 0 Å². The molecule has 1 amide bonds. The van der Waals surface area contributed by atoms with E-state index in [4.69, 9.17) is 9.84 Å². The number of nitrogens with one attached hydrogen (secondary N) is 1. The van der Waals surface area contributed by atoms with Crippen molar-refractivity contribution >= 4 is 5.91 Å². The van der Waals surface area contributed by atoms with Crippen LogP contribution < -0.4 is 5.56 Å². The number of aliphatic hydroxyl groups excluding tert-OH is 1. The molecule has 1 aromatic rings. The van der Waals surface area contributed by atoms with Crippen molar-refractivity contribution in [2.75, 3.05) is 13.2 Å². The van der Waals surface area contributed by atoms with Crippen LogP contribution in [0.5, 0.6) is 0 Å². The Morgan fingerprint density at radius 1 is 1.43 bits per heavy atom. The Morgan fingerprint density at radius 3 is 2.76 bits per heavy atom. The first-order chi connectivity index (χ1) is 9.93. The predicted octanol–water partition coefficient (Wildman–Crippen LogP) is -0.133. The van der Waals surface area contributed by atoms with Gasteiger partial charge in [0.05, 0.1) is 31.5 Å². The lowest BCUT2D eigenvalue weighted by molar-refractivity contribution is -0.146. The van der Waals surface area contributed by atoms with E-state index in [1.165, 1.54) is 4.68 Å². The average molecular weight is 297 g/mol. The van der Waals surface area contributed by atoms with Gasteiger partial charge in [0, 0.05) is 12.1 Å². The van der Waals surface area contributed by atoms with Crippen LogP contribution >= 0.6 is 0 Å². The molecule has 1 aromatic heterocycles. The van der Waals surface area contributed by atoms with Crippen molar-refractivity contribution in [3.05, 3.63) is 21.6 Å². The van der Waals surface area contributed by atoms with Crippen molar-refractivity contribution in [2.24, 2.45) is 0 Å². The van der Waals surface area contributed by atoms with Gasteiger partial charge in [0.2, 0.25) is 0 Å². The van der Waals surface area contributed by atoms with Gasteiger partial charge in [0.1, 0.15) is 6.10 Å². The van der Waals surface area contributed by atoms with Crippen LogP contribution in [0.2, 0.25) is 0 Å². The number of rotatable bonds is 5. The molecule has 2 N–H and O–H groups in total. The summed E-state index contributed by atoms with van der Waals surface area (Å²) < 4.78 is 6.91. The molecule has 0 spiro atoms. The van der Waals surface area contributed by atoms with Crippen LogP contribution in [0, 0.1) is 0 Å². The van der Waals surface area contributed by atoms with Gasteiger partial charge in [0.15, 0.2) is 0 Å². The van der Waals surface area contributed by atoms with Gasteiger partial charge in [-0.2, -0.15) is 0 Å². The smallest absolute Gasteiger partial charge is 0.270 e. The Balaban J connectivity index is 2.10. The third kappa shape index (κ3) is 3.36. The Kier molecular flexibility index (Phi) is 4.84. The zero-order valence-electron chi connectivity index (χ0n) is 12.8. The standard InChI is InChI=1S/C14H23N3O4/c1-9(2)21-10(3)13(19)16-5-4-11-12(8-16)15-17(6-7-18)14(11)20/h9-10,15,18H,4-8H2,1-3H3/t10-/m0/s1. The van der Waals surface area contributed by atoms with E-state index in [2.05, 4.69) is 5.10 Å². The second-order valence-corrected chi connectivity index (χ2v) is 5.59. The third-order valence-corrected chi connectivity index (χ3v) is 3.58. The molecule has 0 aromatic carbocycles. The van der Waals surface area contributed by atoms with Gasteiger partial charge in [-0.3, -0.25) is 19.4 Å². The minimum atomic E-state index is -0.488. The monoisotopic (exact) mass is 297 g/mol. The number of H-pyrrole nitrogens is 1. The van der Waals surface area contributed by atoms with Gasteiger partial charge < -0.3 is 14.7 Å². The number of hydrogen-bond donors (Lipinski definition) is 2. The van der Waals surface area contributed by atoms with Gasteiger partial charge >= 0.3 is 0 Å². The van der Waals surface area contributed by atoms with E-state index in [1.54, 1.807) is 11.8 Å². The number of ether oxygens (including phenoxy) is 1. The second-order valence-electron chi connectivity index (χ2n) is 5.59. The maximum Gasteiger partial charge on any atom is 0.270 e. The van der Waals surface area contributed by atoms with E-state index in [1.807, 2.05) is 13.8 Å². The Hall–Kier alpha value is -1.60. The number of nitrogens with zero attached hydrogens (tertiary/aromatic N) is 2. The van der Waals surface area contributed by atoms with Gasteiger partial charge in [-0.1, -0.05) is 0 Å². The van der Waals surface area contributed by atoms with Crippen molar-refractivity contribution in [3.8, 4) is 0 Å². The summed E-state index contributed by atoms with van der Waals surface area (Å²) in [7, 11) is 0. The zero-order chi connectivity index (χ0) is 15.6. The largest absolute Gasteiger partial charge is 0.394 e. The summed E-state index contributed by atoms with van der Waals surface area (Å²) in [5.41, 5.74) is 1.37. The zero-order valence-corrected chi connectivity index (χ0v) is 12.8. The Labute approximate surface area is 123 Å². The molecule has 1 atom stereocenters. The van der Waals surface area contributed by atoms with Gasteiger partial charge in [0.25, 0.3) is 11.5 Å². The first kappa shape index (κ1) is 15.8. The molecule has 2 heterocycles. The van der Waals surface area contributed by atoms with Crippen molar-refractivity contribution in [1.29, 1.82) is 0 Å². The highest BCUT2D eigenvalue weighted by atomic mass is 16.5. The minimum absolute atomic E-state index is 0.00486. The Morgan fingerprint density at radius 2 is 2.14 bits per heavy atom. The number of fused-ring (bicyclic) bond motifs is 1. The number of carbonyl (C=O) groups excluding carboxylic acids is 1. The first-order valence-corrected chi connectivity index (χ1v) is 7.29. The third-order valence-electron chi connectivity index (χ3n) is 3.58. The molecule has 118 valence electrons. The maximum absolute atomic E-state index is 12.3. The highest BCUT2D eigenvalue weighted by Crippen LogP contribution is 2.16. The SMILES string of the molecule is CC(C)O[C@@H](C)C(=O)N1CCc2c([nH]n(CCO)c2=O)C1. The number of aromatic amines is 1. The summed E-state index contributed by atoms with van der Waals surface area (Å²) in [6, 6.07) is 0. The molecule has 0 bridgehead atoms. The lowest BCUT2D eigenvalue weighted by Gasteiger charge is -2.29. The topological polar surface area (TPSA) is 87.6 Å². The molecule has 0 fully saturated rings. The molecule has 7 heteroatoms. The molecule has 1 aliphatic heterocycles. The van der Waals surface area contributed by atoms with E-state index >= 15 is 0 Å². The van der Waals surface area contributed by atoms with E-state index in [0.29, 0.717) is 25.1 Å². The molecule has 1 aliphatic rings. The highest BCUT2D eigenvalue weighted by Gasteiger charge is 2.28. The fraction of sp³-hybridized carbons (Fsp3) is 0.714. The van der Waals surface area contributed by atoms with Gasteiger partial charge in [-0.25, -0.2) is 0 Å². The van der Waals surface area contributed by atoms with Crippen LogP contribution in [0.15, 0.2) is 4.79 Å². The fourth-order valence-electron chi connectivity index (χ4n) is 2.65. The number of amides is 1. The van der Waals surface area contributed by atoms with Crippen molar-refractivity contribution in [2.45, 2.75) is 52.5 Å². The maximum atomic E-state index is 12.3. The number of hydrogen-bond acceptors (Lipinski definition) is 4. The van der Waals surface area contributed by atoms with E-state index in [0.717, 1.165) is 5.69 Å². The molecular formula is C14H23N3O4. The summed E-state index contributed by atoms with van der Waals surface area (Å²) >= 11 is 0. The molecule has 0 unspecified atom stereocenters. The van der Waals surface area contributed by atoms with E-state index in [-0.39, 0.29) is 30.7 Å². The predicted molar refractivity (Wildman–Crippen MR) is 76.9 cm³/mol. The summed E-state index contributed by atoms with van der Waals surface area (Å²) in [6.45, 7) is 6.58. The van der Waals surface area contributed by atoms with Crippen molar-refractivity contribution in [1.82, 2.24) is 14.7 Å². The minimum Gasteiger partial charge on any atom is -0.394 e.